The number of aromatic nitrogens is 2. The van der Waals surface area contributed by atoms with Gasteiger partial charge in [0.15, 0.2) is 0 Å². The van der Waals surface area contributed by atoms with E-state index in [-0.39, 0.29) is 32.7 Å². The van der Waals surface area contributed by atoms with Crippen LogP contribution < -0.4 is 19.8 Å². The van der Waals surface area contributed by atoms with Crippen molar-refractivity contribution in [1.29, 1.82) is 0 Å². The van der Waals surface area contributed by atoms with Gasteiger partial charge in [-0.25, -0.2) is 0 Å². The number of nitrogens with zero attached hydrogens (tertiary/aromatic N) is 7. The zero-order valence-corrected chi connectivity index (χ0v) is 47.0. The Labute approximate surface area is 441 Å². The van der Waals surface area contributed by atoms with Crippen LogP contribution in [0, 0.1) is 0 Å². The summed E-state index contributed by atoms with van der Waals surface area (Å²) in [5, 5.41) is 9.69. The van der Waals surface area contributed by atoms with E-state index < -0.39 is 16.5 Å². The van der Waals surface area contributed by atoms with E-state index in [0.717, 1.165) is 33.9 Å². The van der Waals surface area contributed by atoms with E-state index in [9.17, 15) is 0 Å². The van der Waals surface area contributed by atoms with Gasteiger partial charge in [0.2, 0.25) is 0 Å². The first kappa shape index (κ1) is 51.6. The minimum atomic E-state index is -1.11. The molecule has 0 aliphatic rings. The van der Waals surface area contributed by atoms with Gasteiger partial charge in [0.1, 0.15) is 0 Å². The van der Waals surface area contributed by atoms with Gasteiger partial charge >= 0.3 is 32.7 Å². The maximum atomic E-state index is 4.88. The van der Waals surface area contributed by atoms with Crippen molar-refractivity contribution in [2.45, 2.75) is 39.3 Å². The number of benzene rings is 8. The summed E-state index contributed by atoms with van der Waals surface area (Å²) in [4.78, 5) is 22.8. The first-order valence-corrected chi connectivity index (χ1v) is 30.4. The van der Waals surface area contributed by atoms with Crippen LogP contribution >= 0.6 is 0 Å². The summed E-state index contributed by atoms with van der Waals surface area (Å²) >= 11 is 0. The van der Waals surface area contributed by atoms with Crippen molar-refractivity contribution < 1.29 is 32.7 Å². The zero-order valence-electron chi connectivity index (χ0n) is 42.2. The molecule has 2 heterocycles. The second-order valence-corrected chi connectivity index (χ2v) is 29.2. The predicted octanol–water partition coefficient (Wildman–Crippen LogP) is 15.9. The molecule has 70 heavy (non-hydrogen) atoms. The monoisotopic (exact) mass is 1030 g/mol. The van der Waals surface area contributed by atoms with Crippen LogP contribution in [0.25, 0.3) is 70.0 Å². The van der Waals surface area contributed by atoms with Crippen LogP contribution in [0.4, 0.5) is 22.7 Å². The van der Waals surface area contributed by atoms with Crippen molar-refractivity contribution in [3.8, 4) is 22.3 Å². The molecule has 7 nitrogen and oxygen atoms in total. The molecule has 0 unspecified atom stereocenters. The summed E-state index contributed by atoms with van der Waals surface area (Å²) < 4.78 is 4.82. The van der Waals surface area contributed by atoms with Crippen molar-refractivity contribution in [2.24, 2.45) is 9.98 Å². The molecule has 0 fully saturated rings. The van der Waals surface area contributed by atoms with Gasteiger partial charge in [-0.2, -0.15) is 12.4 Å². The van der Waals surface area contributed by atoms with E-state index >= 15 is 0 Å². The summed E-state index contributed by atoms with van der Waals surface area (Å²) in [5.74, 6) is 0. The Bertz CT molecular complexity index is 3170. The minimum absolute atomic E-state index is 0. The summed E-state index contributed by atoms with van der Waals surface area (Å²) in [7, 11) is 6.16. The van der Waals surface area contributed by atoms with Crippen LogP contribution in [-0.4, -0.2) is 57.1 Å². The molecule has 8 aromatic carbocycles. The third kappa shape index (κ3) is 12.4. The fraction of sp³-hybridized carbons (Fsp3) is 0.167. The molecule has 0 saturated carbocycles. The Morgan fingerprint density at radius 3 is 0.986 bits per heavy atom. The first-order valence-electron chi connectivity index (χ1n) is 23.6. The molecule has 10 aromatic rings. The molecule has 0 spiro atoms. The normalized spacial score (nSPS) is 11.7. The van der Waals surface area contributed by atoms with Gasteiger partial charge in [0.25, 0.3) is 0 Å². The predicted molar refractivity (Wildman–Crippen MR) is 307 cm³/mol. The molecule has 0 aliphatic heterocycles. The molecule has 10 rings (SSSR count). The van der Waals surface area contributed by atoms with Crippen molar-refractivity contribution in [1.82, 2.24) is 9.97 Å². The number of rotatable bonds is 10. The molecule has 0 amide bonds. The molecule has 0 atom stereocenters. The average Bonchev–Trinajstić information content (AvgIpc) is 4.06. The van der Waals surface area contributed by atoms with E-state index in [1.807, 2.05) is 36.7 Å². The van der Waals surface area contributed by atoms with E-state index in [2.05, 4.69) is 233 Å². The van der Waals surface area contributed by atoms with Crippen LogP contribution in [0.3, 0.4) is 0 Å². The minimum Gasteiger partial charge on any atom is -0.668 e. The molecule has 10 heteroatoms. The molecule has 348 valence electrons. The van der Waals surface area contributed by atoms with Crippen LogP contribution in [0.2, 0.25) is 39.3 Å². The molecule has 2 aromatic heterocycles. The van der Waals surface area contributed by atoms with Crippen LogP contribution in [0.5, 0.6) is 0 Å². The molecule has 0 N–H and O–H groups in total. The molecule has 0 aliphatic carbocycles. The second kappa shape index (κ2) is 22.7. The Balaban J connectivity index is 0.000000174. The van der Waals surface area contributed by atoms with Gasteiger partial charge in [-0.05, 0) is 67.4 Å². The zero-order chi connectivity index (χ0) is 48.7. The van der Waals surface area contributed by atoms with Gasteiger partial charge < -0.3 is 24.4 Å². The van der Waals surface area contributed by atoms with Gasteiger partial charge in [-0.1, -0.05) is 201 Å². The molecular formula is C60H62N7Si2Y. The van der Waals surface area contributed by atoms with Crippen molar-refractivity contribution in [3.05, 3.63) is 198 Å². The number of hydrogen-bond acceptors (Lipinski definition) is 4. The molecular weight excluding hydrogens is 964 g/mol. The van der Waals surface area contributed by atoms with E-state index in [1.54, 1.807) is 12.4 Å². The number of fused-ring (bicyclic) bond motifs is 4. The Morgan fingerprint density at radius 2 is 0.700 bits per heavy atom. The smallest absolute Gasteiger partial charge is 0.668 e. The van der Waals surface area contributed by atoms with Gasteiger partial charge in [-0.3, -0.25) is 9.98 Å². The molecule has 0 bridgehead atoms. The maximum absolute atomic E-state index is 4.88. The van der Waals surface area contributed by atoms with Crippen LogP contribution in [0.15, 0.2) is 192 Å². The first-order chi connectivity index (χ1) is 33.1. The second-order valence-electron chi connectivity index (χ2n) is 19.6. The maximum Gasteiger partial charge on any atom is 3.00 e. The third-order valence-electron chi connectivity index (χ3n) is 11.6. The average molecular weight is 1030 g/mol. The van der Waals surface area contributed by atoms with Crippen molar-refractivity contribution >= 4 is 94.7 Å². The SMILES string of the molecule is CN(C)c1ccc2ccccc2c1-c1c(N=Cc2ccc[n-]2)ccc2ccccc12.CN(C)c1ccc2ccccc2c1-c1c(N=Cc2ccc[n-]2)ccc2ccccc12.C[Si](C)(C)[N-][Si](C)(C)C.[Y+3]. The quantitative estimate of drug-likeness (QED) is 0.101. The Hall–Kier alpha value is -6.20. The molecule has 0 saturated heterocycles. The summed E-state index contributed by atoms with van der Waals surface area (Å²) in [6.07, 6.45) is 7.26. The summed E-state index contributed by atoms with van der Waals surface area (Å²) in [6, 6.07) is 59.2. The molecule has 0 radical (unpaired) electrons. The van der Waals surface area contributed by atoms with Gasteiger partial charge in [0.05, 0.1) is 11.4 Å². The Morgan fingerprint density at radius 1 is 0.386 bits per heavy atom. The van der Waals surface area contributed by atoms with E-state index in [4.69, 9.17) is 14.6 Å². The topological polar surface area (TPSA) is 73.5 Å². The summed E-state index contributed by atoms with van der Waals surface area (Å²) in [5.41, 5.74) is 10.7. The van der Waals surface area contributed by atoms with Crippen molar-refractivity contribution in [3.63, 3.8) is 0 Å². The largest absolute Gasteiger partial charge is 3.00 e. The number of anilines is 2. The standard InChI is InChI=1S/2C27H22N3.C6H18NSi2.Y/c2*1-30(2)25-16-14-20-9-4-6-12-23(20)27(25)26-22-11-5-3-8-19(22)13-15-24(26)29-18-21-10-7-17-28-21;1-8(2,3)7-9(4,5)6;/h2*3-18H,1-2H3;1-6H3;/q3*-1;+3. The summed E-state index contributed by atoms with van der Waals surface area (Å²) in [6.45, 7) is 13.8. The van der Waals surface area contributed by atoms with Gasteiger partial charge in [0, 0.05) is 74.2 Å². The van der Waals surface area contributed by atoms with Crippen molar-refractivity contribution in [2.75, 3.05) is 38.0 Å². The van der Waals surface area contributed by atoms with E-state index in [0.29, 0.717) is 0 Å². The number of hydrogen-bond donors (Lipinski definition) is 0. The fourth-order valence-corrected chi connectivity index (χ4v) is 17.2. The van der Waals surface area contributed by atoms with Crippen LogP contribution in [-0.2, 0) is 32.7 Å². The Kier molecular flexibility index (Phi) is 16.7. The number of aliphatic imine (C=N–C) groups is 2. The van der Waals surface area contributed by atoms with E-state index in [1.165, 1.54) is 65.6 Å². The third-order valence-corrected chi connectivity index (χ3v) is 17.0. The van der Waals surface area contributed by atoms with Crippen LogP contribution in [0.1, 0.15) is 11.4 Å². The fourth-order valence-electron chi connectivity index (χ4n) is 9.11. The van der Waals surface area contributed by atoms with Gasteiger partial charge in [-0.15, -0.1) is 11.4 Å².